The Morgan fingerprint density at radius 1 is 1.21 bits per heavy atom. The van der Waals surface area contributed by atoms with Crippen LogP contribution in [0, 0.1) is 0 Å². The predicted molar refractivity (Wildman–Crippen MR) is 111 cm³/mol. The summed E-state index contributed by atoms with van der Waals surface area (Å²) in [5.74, 6) is -0.222. The summed E-state index contributed by atoms with van der Waals surface area (Å²) in [6.45, 7) is 3.79. The number of amides is 1. The smallest absolute Gasteiger partial charge is 0.273 e. The molecule has 1 N–H and O–H groups in total. The molecule has 0 saturated carbocycles. The van der Waals surface area contributed by atoms with E-state index in [0.29, 0.717) is 10.3 Å². The average molecular weight is 398 g/mol. The van der Waals surface area contributed by atoms with Crippen LogP contribution in [0.2, 0.25) is 0 Å². The van der Waals surface area contributed by atoms with Crippen LogP contribution in [0.15, 0.2) is 41.5 Å². The molecule has 1 aromatic carbocycles. The van der Waals surface area contributed by atoms with Gasteiger partial charge in [-0.25, -0.2) is 4.98 Å². The van der Waals surface area contributed by atoms with Crippen molar-refractivity contribution >= 4 is 32.7 Å². The highest BCUT2D eigenvalue weighted by Gasteiger charge is 2.18. The minimum absolute atomic E-state index is 0.0596. The van der Waals surface area contributed by atoms with Crippen molar-refractivity contribution in [2.75, 3.05) is 18.0 Å². The second-order valence-electron chi connectivity index (χ2n) is 7.07. The van der Waals surface area contributed by atoms with Crippen molar-refractivity contribution in [3.05, 3.63) is 52.6 Å². The normalized spacial score (nSPS) is 15.5. The van der Waals surface area contributed by atoms with E-state index >= 15 is 0 Å². The number of anilines is 1. The quantitative estimate of drug-likeness (QED) is 0.716. The second-order valence-corrected chi connectivity index (χ2v) is 8.05. The van der Waals surface area contributed by atoms with Gasteiger partial charge in [-0.2, -0.15) is 4.98 Å². The minimum atomic E-state index is -0.222. The van der Waals surface area contributed by atoms with Crippen molar-refractivity contribution in [1.29, 1.82) is 0 Å². The first-order valence-electron chi connectivity index (χ1n) is 9.57. The predicted octanol–water partition coefficient (Wildman–Crippen LogP) is 2.72. The van der Waals surface area contributed by atoms with E-state index in [1.807, 2.05) is 37.3 Å². The van der Waals surface area contributed by atoms with Gasteiger partial charge in [0.2, 0.25) is 5.91 Å². The summed E-state index contributed by atoms with van der Waals surface area (Å²) >= 11 is 1.37. The lowest BCUT2D eigenvalue weighted by atomic mass is 10.1. The number of hydrogen-bond donors (Lipinski definition) is 1. The Bertz CT molecular complexity index is 1020. The first kappa shape index (κ1) is 18.6. The Kier molecular flexibility index (Phi) is 5.38. The van der Waals surface area contributed by atoms with Crippen molar-refractivity contribution in [3.8, 4) is 0 Å². The summed E-state index contributed by atoms with van der Waals surface area (Å²) in [7, 11) is 0. The van der Waals surface area contributed by atoms with Gasteiger partial charge in [0.05, 0.1) is 6.04 Å². The number of nitrogens with one attached hydrogen (secondary N) is 1. The number of hydrogen-bond acceptors (Lipinski definition) is 6. The van der Waals surface area contributed by atoms with Crippen LogP contribution >= 0.6 is 11.3 Å². The van der Waals surface area contributed by atoms with Gasteiger partial charge in [-0.3, -0.25) is 14.2 Å². The molecule has 0 aliphatic carbocycles. The molecule has 0 radical (unpaired) electrons. The van der Waals surface area contributed by atoms with E-state index in [2.05, 4.69) is 20.2 Å². The molecule has 0 spiro atoms. The lowest BCUT2D eigenvalue weighted by molar-refractivity contribution is -0.122. The van der Waals surface area contributed by atoms with E-state index in [4.69, 9.17) is 0 Å². The van der Waals surface area contributed by atoms with Crippen LogP contribution < -0.4 is 15.8 Å². The van der Waals surface area contributed by atoms with Gasteiger partial charge in [-0.05, 0) is 31.7 Å². The highest BCUT2D eigenvalue weighted by Crippen LogP contribution is 2.27. The molecule has 28 heavy (non-hydrogen) atoms. The molecule has 1 amide bonds. The van der Waals surface area contributed by atoms with Crippen LogP contribution in [0.3, 0.4) is 0 Å². The van der Waals surface area contributed by atoms with Crippen molar-refractivity contribution in [2.24, 2.45) is 0 Å². The summed E-state index contributed by atoms with van der Waals surface area (Å²) in [6, 6.07) is 9.60. The number of rotatable bonds is 5. The zero-order chi connectivity index (χ0) is 19.5. The van der Waals surface area contributed by atoms with Gasteiger partial charge in [-0.1, -0.05) is 41.7 Å². The van der Waals surface area contributed by atoms with Gasteiger partial charge in [0.15, 0.2) is 10.8 Å². The zero-order valence-corrected chi connectivity index (χ0v) is 16.6. The molecule has 1 aliphatic heterocycles. The molecule has 4 rings (SSSR count). The summed E-state index contributed by atoms with van der Waals surface area (Å²) in [5, 5.41) is 3.78. The number of carbonyl (C=O) groups excluding carboxylic acids is 1. The molecule has 2 aromatic heterocycles. The standard InChI is InChI=1S/C20H23N5O2S/c1-14(15-8-4-2-5-9-15)22-16(26)12-25-13-21-18-17(19(25)27)28-20(23-18)24-10-6-3-7-11-24/h2,4-5,8-9,13-14H,3,6-7,10-12H2,1H3,(H,22,26)/t14-/m0/s1. The molecule has 0 bridgehead atoms. The van der Waals surface area contributed by atoms with Crippen molar-refractivity contribution in [1.82, 2.24) is 19.9 Å². The SMILES string of the molecule is C[C@H](NC(=O)Cn1cnc2nc(N3CCCCC3)sc2c1=O)c1ccccc1. The Hall–Kier alpha value is -2.74. The highest BCUT2D eigenvalue weighted by atomic mass is 32.1. The number of aromatic nitrogens is 3. The Balaban J connectivity index is 1.50. The molecule has 146 valence electrons. The van der Waals surface area contributed by atoms with Gasteiger partial charge >= 0.3 is 0 Å². The van der Waals surface area contributed by atoms with Crippen molar-refractivity contribution in [2.45, 2.75) is 38.8 Å². The van der Waals surface area contributed by atoms with Gasteiger partial charge in [0.25, 0.3) is 5.56 Å². The summed E-state index contributed by atoms with van der Waals surface area (Å²) in [4.78, 5) is 36.3. The number of nitrogens with zero attached hydrogens (tertiary/aromatic N) is 4. The number of fused-ring (bicyclic) bond motifs is 1. The van der Waals surface area contributed by atoms with Crippen molar-refractivity contribution < 1.29 is 4.79 Å². The molecule has 8 heteroatoms. The zero-order valence-electron chi connectivity index (χ0n) is 15.8. The molecule has 1 atom stereocenters. The monoisotopic (exact) mass is 397 g/mol. The fraction of sp³-hybridized carbons (Fsp3) is 0.400. The maximum absolute atomic E-state index is 12.8. The third-order valence-electron chi connectivity index (χ3n) is 4.99. The summed E-state index contributed by atoms with van der Waals surface area (Å²) in [5.41, 5.74) is 1.27. The van der Waals surface area contributed by atoms with E-state index in [1.54, 1.807) is 0 Å². The third kappa shape index (κ3) is 3.91. The van der Waals surface area contributed by atoms with Gasteiger partial charge in [0, 0.05) is 13.1 Å². The Morgan fingerprint density at radius 2 is 1.96 bits per heavy atom. The van der Waals surface area contributed by atoms with E-state index in [-0.39, 0.29) is 24.1 Å². The first-order chi connectivity index (χ1) is 13.6. The molecular weight excluding hydrogens is 374 g/mol. The average Bonchev–Trinajstić information content (AvgIpc) is 3.17. The molecule has 1 fully saturated rings. The molecule has 3 aromatic rings. The van der Waals surface area contributed by atoms with E-state index in [9.17, 15) is 9.59 Å². The lowest BCUT2D eigenvalue weighted by Gasteiger charge is -2.25. The molecule has 1 aliphatic rings. The molecule has 0 unspecified atom stereocenters. The molecule has 1 saturated heterocycles. The molecule has 3 heterocycles. The van der Waals surface area contributed by atoms with Crippen LogP contribution in [0.25, 0.3) is 10.3 Å². The fourth-order valence-corrected chi connectivity index (χ4v) is 4.46. The summed E-state index contributed by atoms with van der Waals surface area (Å²) in [6.07, 6.45) is 4.95. The third-order valence-corrected chi connectivity index (χ3v) is 6.08. The topological polar surface area (TPSA) is 80.1 Å². The van der Waals surface area contributed by atoms with E-state index in [1.165, 1.54) is 28.7 Å². The second kappa shape index (κ2) is 8.10. The lowest BCUT2D eigenvalue weighted by Crippen LogP contribution is -2.33. The fourth-order valence-electron chi connectivity index (χ4n) is 3.44. The van der Waals surface area contributed by atoms with Crippen LogP contribution in [-0.2, 0) is 11.3 Å². The van der Waals surface area contributed by atoms with Crippen LogP contribution in [-0.4, -0.2) is 33.5 Å². The summed E-state index contributed by atoms with van der Waals surface area (Å²) < 4.78 is 1.86. The van der Waals surface area contributed by atoms with E-state index in [0.717, 1.165) is 36.6 Å². The van der Waals surface area contributed by atoms with Crippen molar-refractivity contribution in [3.63, 3.8) is 0 Å². The largest absolute Gasteiger partial charge is 0.348 e. The maximum Gasteiger partial charge on any atom is 0.273 e. The molecule has 7 nitrogen and oxygen atoms in total. The number of carbonyl (C=O) groups is 1. The Morgan fingerprint density at radius 3 is 2.71 bits per heavy atom. The van der Waals surface area contributed by atoms with Crippen LogP contribution in [0.1, 0.15) is 37.8 Å². The first-order valence-corrected chi connectivity index (χ1v) is 10.4. The maximum atomic E-state index is 12.8. The minimum Gasteiger partial charge on any atom is -0.348 e. The van der Waals surface area contributed by atoms with Gasteiger partial charge in [-0.15, -0.1) is 0 Å². The highest BCUT2D eigenvalue weighted by molar-refractivity contribution is 7.22. The Labute approximate surface area is 167 Å². The van der Waals surface area contributed by atoms with Gasteiger partial charge in [0.1, 0.15) is 17.6 Å². The number of thiazole rings is 1. The van der Waals surface area contributed by atoms with Gasteiger partial charge < -0.3 is 10.2 Å². The van der Waals surface area contributed by atoms with Crippen LogP contribution in [0.4, 0.5) is 5.13 Å². The van der Waals surface area contributed by atoms with Crippen LogP contribution in [0.5, 0.6) is 0 Å². The molecular formula is C20H23N5O2S. The number of benzene rings is 1. The number of piperidine rings is 1. The van der Waals surface area contributed by atoms with E-state index < -0.39 is 0 Å².